The number of hydrogen-bond acceptors (Lipinski definition) is 6. The Labute approximate surface area is 237 Å². The molecule has 0 aromatic heterocycles. The average molecular weight is 644 g/mol. The number of carbonyl (C=O) groups excluding carboxylic acids is 2. The van der Waals surface area contributed by atoms with Gasteiger partial charge in [-0.15, -0.1) is 0 Å². The van der Waals surface area contributed by atoms with Crippen molar-refractivity contribution < 1.29 is 19.1 Å². The van der Waals surface area contributed by atoms with Gasteiger partial charge in [-0.1, -0.05) is 29.8 Å². The molecule has 0 radical (unpaired) electrons. The fraction of sp³-hybridized carbons (Fsp3) is 0.179. The molecule has 3 aromatic rings. The van der Waals surface area contributed by atoms with Crippen LogP contribution in [0.3, 0.4) is 0 Å². The Kier molecular flexibility index (Phi) is 8.89. The van der Waals surface area contributed by atoms with Crippen LogP contribution in [0.5, 0.6) is 5.75 Å². The molecule has 0 aliphatic carbocycles. The van der Waals surface area contributed by atoms with Crippen LogP contribution in [-0.4, -0.2) is 35.6 Å². The maximum absolute atomic E-state index is 12.9. The van der Waals surface area contributed by atoms with E-state index in [0.717, 1.165) is 20.1 Å². The summed E-state index contributed by atoms with van der Waals surface area (Å²) in [5, 5.41) is 0.552. The normalized spacial score (nSPS) is 15.5. The first-order chi connectivity index (χ1) is 17.7. The van der Waals surface area contributed by atoms with Crippen molar-refractivity contribution in [2.24, 2.45) is 4.99 Å². The highest BCUT2D eigenvalue weighted by Crippen LogP contribution is 2.38. The van der Waals surface area contributed by atoms with Gasteiger partial charge in [0.1, 0.15) is 12.4 Å². The van der Waals surface area contributed by atoms with Crippen molar-refractivity contribution in [1.82, 2.24) is 4.90 Å². The summed E-state index contributed by atoms with van der Waals surface area (Å²) < 4.78 is 12.6. The monoisotopic (exact) mass is 642 g/mol. The van der Waals surface area contributed by atoms with Gasteiger partial charge in [-0.05, 0) is 111 Å². The van der Waals surface area contributed by atoms with Crippen molar-refractivity contribution in [3.8, 4) is 5.75 Å². The molecule has 1 heterocycles. The molecule has 1 aliphatic heterocycles. The quantitative estimate of drug-likeness (QED) is 0.197. The molecule has 0 bridgehead atoms. The molecule has 0 unspecified atom stereocenters. The molecular formula is C28H24Br2N2O4S. The molecule has 3 aromatic carbocycles. The number of amidine groups is 1. The van der Waals surface area contributed by atoms with Gasteiger partial charge >= 0.3 is 5.97 Å². The van der Waals surface area contributed by atoms with E-state index < -0.39 is 0 Å². The van der Waals surface area contributed by atoms with E-state index in [9.17, 15) is 9.59 Å². The number of thioether (sulfide) groups is 1. The second kappa shape index (κ2) is 12.1. The number of halogens is 2. The Morgan fingerprint density at radius 1 is 1.05 bits per heavy atom. The van der Waals surface area contributed by atoms with Crippen LogP contribution in [0.4, 0.5) is 5.69 Å². The smallest absolute Gasteiger partial charge is 0.338 e. The lowest BCUT2D eigenvalue weighted by Gasteiger charge is -2.12. The number of likely N-dealkylation sites (N-methyl/N-ethyl adjacent to an activating group) is 1. The third-order valence-corrected chi connectivity index (χ3v) is 7.67. The molecule has 0 N–H and O–H groups in total. The molecule has 1 fully saturated rings. The molecule has 0 spiro atoms. The number of amides is 1. The zero-order chi connectivity index (χ0) is 26.5. The number of ether oxygens (including phenoxy) is 2. The van der Waals surface area contributed by atoms with Crippen molar-refractivity contribution in [2.45, 2.75) is 20.5 Å². The van der Waals surface area contributed by atoms with Crippen LogP contribution in [0, 0.1) is 6.92 Å². The zero-order valence-corrected chi connectivity index (χ0v) is 24.4. The van der Waals surface area contributed by atoms with Gasteiger partial charge in [0.2, 0.25) is 0 Å². The van der Waals surface area contributed by atoms with E-state index >= 15 is 0 Å². The lowest BCUT2D eigenvalue weighted by atomic mass is 10.1. The van der Waals surface area contributed by atoms with Crippen LogP contribution in [0.2, 0.25) is 0 Å². The van der Waals surface area contributed by atoms with Gasteiger partial charge in [-0.2, -0.15) is 0 Å². The predicted molar refractivity (Wildman–Crippen MR) is 155 cm³/mol. The summed E-state index contributed by atoms with van der Waals surface area (Å²) in [4.78, 5) is 31.4. The van der Waals surface area contributed by atoms with Crippen molar-refractivity contribution in [3.05, 3.63) is 96.8 Å². The van der Waals surface area contributed by atoms with Crippen LogP contribution in [0.1, 0.15) is 34.0 Å². The average Bonchev–Trinajstić information content (AvgIpc) is 3.12. The fourth-order valence-corrected chi connectivity index (χ4v) is 5.88. The third kappa shape index (κ3) is 6.71. The topological polar surface area (TPSA) is 68.2 Å². The van der Waals surface area contributed by atoms with E-state index in [2.05, 4.69) is 55.9 Å². The first-order valence-electron chi connectivity index (χ1n) is 11.5. The predicted octanol–water partition coefficient (Wildman–Crippen LogP) is 7.51. The highest BCUT2D eigenvalue weighted by molar-refractivity contribution is 9.11. The molecule has 37 heavy (non-hydrogen) atoms. The lowest BCUT2D eigenvalue weighted by Crippen LogP contribution is -2.23. The van der Waals surface area contributed by atoms with Crippen molar-refractivity contribution >= 4 is 72.4 Å². The molecule has 6 nitrogen and oxygen atoms in total. The number of aryl methyl sites for hydroxylation is 1. The SMILES string of the molecule is CCOC(=O)c1ccc(N=C2S/C(=C\c3cc(Br)c(OCc4ccc(C)cc4)c(Br)c3)C(=O)N2C)cc1. The van der Waals surface area contributed by atoms with Gasteiger partial charge in [0.05, 0.1) is 31.7 Å². The number of rotatable bonds is 7. The maximum atomic E-state index is 12.9. The second-order valence-corrected chi connectivity index (χ2v) is 10.9. The van der Waals surface area contributed by atoms with E-state index in [1.54, 1.807) is 38.2 Å². The summed E-state index contributed by atoms with van der Waals surface area (Å²) in [6.45, 7) is 4.57. The summed E-state index contributed by atoms with van der Waals surface area (Å²) in [7, 11) is 1.69. The Bertz CT molecular complexity index is 1360. The summed E-state index contributed by atoms with van der Waals surface area (Å²) in [6, 6.07) is 18.8. The number of hydrogen-bond donors (Lipinski definition) is 0. The molecule has 9 heteroatoms. The minimum atomic E-state index is -0.377. The van der Waals surface area contributed by atoms with Gasteiger partial charge in [0.15, 0.2) is 5.17 Å². The molecule has 0 atom stereocenters. The Balaban J connectivity index is 1.49. The molecule has 4 rings (SSSR count). The number of carbonyl (C=O) groups is 2. The minimum absolute atomic E-state index is 0.140. The maximum Gasteiger partial charge on any atom is 0.338 e. The molecular weight excluding hydrogens is 620 g/mol. The first-order valence-corrected chi connectivity index (χ1v) is 13.9. The highest BCUT2D eigenvalue weighted by atomic mass is 79.9. The van der Waals surface area contributed by atoms with E-state index in [0.29, 0.717) is 40.3 Å². The van der Waals surface area contributed by atoms with Gasteiger partial charge < -0.3 is 9.47 Å². The van der Waals surface area contributed by atoms with Crippen molar-refractivity contribution in [1.29, 1.82) is 0 Å². The van der Waals surface area contributed by atoms with Crippen molar-refractivity contribution in [2.75, 3.05) is 13.7 Å². The van der Waals surface area contributed by atoms with Crippen LogP contribution in [-0.2, 0) is 16.1 Å². The summed E-state index contributed by atoms with van der Waals surface area (Å²) in [6.07, 6.45) is 1.83. The lowest BCUT2D eigenvalue weighted by molar-refractivity contribution is -0.121. The van der Waals surface area contributed by atoms with E-state index in [1.165, 1.54) is 22.2 Å². The fourth-order valence-electron chi connectivity index (χ4n) is 3.44. The summed E-state index contributed by atoms with van der Waals surface area (Å²) in [5.74, 6) is 0.177. The number of esters is 1. The van der Waals surface area contributed by atoms with Gasteiger partial charge in [0.25, 0.3) is 5.91 Å². The largest absolute Gasteiger partial charge is 0.487 e. The molecule has 0 saturated carbocycles. The standard InChI is InChI=1S/C28H24Br2N2O4S/c1-4-35-27(34)20-9-11-21(12-10-20)31-28-32(3)26(33)24(37-28)15-19-13-22(29)25(23(30)14-19)36-16-18-7-5-17(2)6-8-18/h5-15H,4,16H2,1-3H3/b24-15-,31-28?. The second-order valence-electron chi connectivity index (χ2n) is 8.22. The number of benzene rings is 3. The summed E-state index contributed by atoms with van der Waals surface area (Å²) >= 11 is 8.49. The first kappa shape index (κ1) is 27.2. The Morgan fingerprint density at radius 2 is 1.70 bits per heavy atom. The Morgan fingerprint density at radius 3 is 2.32 bits per heavy atom. The van der Waals surface area contributed by atoms with E-state index in [1.807, 2.05) is 30.3 Å². The van der Waals surface area contributed by atoms with Crippen LogP contribution in [0.25, 0.3) is 6.08 Å². The third-order valence-electron chi connectivity index (χ3n) is 5.43. The number of nitrogens with zero attached hydrogens (tertiary/aromatic N) is 2. The van der Waals surface area contributed by atoms with Crippen LogP contribution in [0.15, 0.2) is 79.5 Å². The van der Waals surface area contributed by atoms with E-state index in [-0.39, 0.29) is 11.9 Å². The van der Waals surface area contributed by atoms with Gasteiger partial charge in [0, 0.05) is 7.05 Å². The molecule has 1 amide bonds. The minimum Gasteiger partial charge on any atom is -0.487 e. The van der Waals surface area contributed by atoms with Gasteiger partial charge in [-0.3, -0.25) is 9.69 Å². The molecule has 190 valence electrons. The van der Waals surface area contributed by atoms with Crippen molar-refractivity contribution in [3.63, 3.8) is 0 Å². The molecule has 1 saturated heterocycles. The Hall–Kier alpha value is -2.88. The highest BCUT2D eigenvalue weighted by Gasteiger charge is 2.30. The zero-order valence-electron chi connectivity index (χ0n) is 20.5. The van der Waals surface area contributed by atoms with Crippen LogP contribution < -0.4 is 4.74 Å². The van der Waals surface area contributed by atoms with Gasteiger partial charge in [-0.25, -0.2) is 9.79 Å². The molecule has 1 aliphatic rings. The number of aliphatic imine (C=N–C) groups is 1. The van der Waals surface area contributed by atoms with Crippen LogP contribution >= 0.6 is 43.6 Å². The summed E-state index contributed by atoms with van der Waals surface area (Å²) in [5.41, 5.74) is 4.21. The van der Waals surface area contributed by atoms with E-state index in [4.69, 9.17) is 9.47 Å².